The first-order chi connectivity index (χ1) is 18.7. The standard InChI is InChI=1S/C28H30F4N2O5/c1-38-18-2-3-23-20(12-18)25(17(15-29)16-33-23)24(35)4-5-28(27(36)37)6-8-34(9-7-28)10-11-39-19-13-21(30)26(32)22(31)14-19/h2-3,12-14,16,24,35H,4-11,15H2,1H3,(H,36,37)/t24-/m1/s1. The summed E-state index contributed by atoms with van der Waals surface area (Å²) in [4.78, 5) is 18.6. The Hall–Kier alpha value is -3.44. The maximum Gasteiger partial charge on any atom is 0.309 e. The number of piperidine rings is 1. The number of hydrogen-bond donors (Lipinski definition) is 2. The fraction of sp³-hybridized carbons (Fsp3) is 0.429. The predicted molar refractivity (Wildman–Crippen MR) is 135 cm³/mol. The van der Waals surface area contributed by atoms with Gasteiger partial charge in [0.2, 0.25) is 0 Å². The van der Waals surface area contributed by atoms with Gasteiger partial charge in [0.1, 0.15) is 24.8 Å². The number of likely N-dealkylation sites (tertiary alicyclic amines) is 1. The Morgan fingerprint density at radius 3 is 2.44 bits per heavy atom. The number of nitrogens with zero attached hydrogens (tertiary/aromatic N) is 2. The second-order valence-electron chi connectivity index (χ2n) is 9.74. The molecule has 2 aromatic carbocycles. The number of pyridine rings is 1. The first kappa shape index (κ1) is 28.6. The minimum Gasteiger partial charge on any atom is -0.497 e. The highest BCUT2D eigenvalue weighted by Gasteiger charge is 2.41. The molecular weight excluding hydrogens is 520 g/mol. The highest BCUT2D eigenvalue weighted by Crippen LogP contribution is 2.40. The third-order valence-electron chi connectivity index (χ3n) is 7.47. The minimum absolute atomic E-state index is 0.0773. The Labute approximate surface area is 223 Å². The van der Waals surface area contributed by atoms with Gasteiger partial charge in [0.15, 0.2) is 17.5 Å². The Bertz CT molecular complexity index is 1300. The molecule has 210 valence electrons. The van der Waals surface area contributed by atoms with Crippen LogP contribution in [0.2, 0.25) is 0 Å². The summed E-state index contributed by atoms with van der Waals surface area (Å²) in [7, 11) is 1.50. The molecular formula is C28H30F4N2O5. The molecule has 11 heteroatoms. The molecule has 0 unspecified atom stereocenters. The topological polar surface area (TPSA) is 92.1 Å². The van der Waals surface area contributed by atoms with Crippen molar-refractivity contribution in [2.45, 2.75) is 38.5 Å². The van der Waals surface area contributed by atoms with Crippen LogP contribution in [-0.4, -0.2) is 59.4 Å². The molecule has 1 aromatic heterocycles. The molecule has 1 saturated heterocycles. The Balaban J connectivity index is 1.38. The van der Waals surface area contributed by atoms with Crippen molar-refractivity contribution in [3.63, 3.8) is 0 Å². The van der Waals surface area contributed by atoms with E-state index in [9.17, 15) is 32.6 Å². The zero-order valence-corrected chi connectivity index (χ0v) is 21.4. The summed E-state index contributed by atoms with van der Waals surface area (Å²) >= 11 is 0. The Morgan fingerprint density at radius 1 is 1.13 bits per heavy atom. The number of aliphatic hydroxyl groups excluding tert-OH is 1. The van der Waals surface area contributed by atoms with Crippen LogP contribution in [0.4, 0.5) is 17.6 Å². The molecule has 1 aliphatic heterocycles. The summed E-state index contributed by atoms with van der Waals surface area (Å²) in [6.45, 7) is 0.494. The maximum absolute atomic E-state index is 13.8. The normalized spacial score (nSPS) is 16.3. The molecule has 0 amide bonds. The summed E-state index contributed by atoms with van der Waals surface area (Å²) in [5, 5.41) is 21.8. The van der Waals surface area contributed by atoms with Gasteiger partial charge in [-0.1, -0.05) is 0 Å². The van der Waals surface area contributed by atoms with E-state index in [1.807, 2.05) is 4.90 Å². The quantitative estimate of drug-likeness (QED) is 0.251. The van der Waals surface area contributed by atoms with Gasteiger partial charge < -0.3 is 19.7 Å². The Morgan fingerprint density at radius 2 is 1.82 bits per heavy atom. The fourth-order valence-electron chi connectivity index (χ4n) is 5.10. The van der Waals surface area contributed by atoms with Crippen molar-refractivity contribution < 1.29 is 42.0 Å². The van der Waals surface area contributed by atoms with Crippen LogP contribution >= 0.6 is 0 Å². The number of rotatable bonds is 11. The van der Waals surface area contributed by atoms with E-state index in [1.165, 1.54) is 13.3 Å². The molecule has 7 nitrogen and oxygen atoms in total. The molecule has 3 aromatic rings. The van der Waals surface area contributed by atoms with Crippen LogP contribution in [0.5, 0.6) is 11.5 Å². The van der Waals surface area contributed by atoms with Crippen molar-refractivity contribution >= 4 is 16.9 Å². The van der Waals surface area contributed by atoms with Gasteiger partial charge >= 0.3 is 5.97 Å². The van der Waals surface area contributed by atoms with E-state index in [0.717, 1.165) is 12.1 Å². The number of ether oxygens (including phenoxy) is 2. The lowest BCUT2D eigenvalue weighted by Gasteiger charge is -2.39. The van der Waals surface area contributed by atoms with Crippen LogP contribution in [0.3, 0.4) is 0 Å². The van der Waals surface area contributed by atoms with E-state index in [-0.39, 0.29) is 30.8 Å². The SMILES string of the molecule is COc1ccc2ncc(CF)c([C@H](O)CCC3(C(=O)O)CCN(CCOc4cc(F)c(F)c(F)c4)CC3)c2c1. The summed E-state index contributed by atoms with van der Waals surface area (Å²) < 4.78 is 64.3. The third-order valence-corrected chi connectivity index (χ3v) is 7.47. The lowest BCUT2D eigenvalue weighted by atomic mass is 9.74. The van der Waals surface area contributed by atoms with E-state index >= 15 is 0 Å². The molecule has 4 rings (SSSR count). The summed E-state index contributed by atoms with van der Waals surface area (Å²) in [5.41, 5.74) is 0.114. The number of carboxylic acids is 1. The van der Waals surface area contributed by atoms with Crippen molar-refractivity contribution in [2.75, 3.05) is 33.4 Å². The molecule has 0 aliphatic carbocycles. The molecule has 39 heavy (non-hydrogen) atoms. The molecule has 0 spiro atoms. The van der Waals surface area contributed by atoms with Gasteiger partial charge in [-0.3, -0.25) is 14.7 Å². The minimum atomic E-state index is -1.56. The van der Waals surface area contributed by atoms with Crippen LogP contribution < -0.4 is 9.47 Å². The monoisotopic (exact) mass is 550 g/mol. The average molecular weight is 551 g/mol. The number of fused-ring (bicyclic) bond motifs is 1. The number of hydrogen-bond acceptors (Lipinski definition) is 6. The van der Waals surface area contributed by atoms with Crippen LogP contribution in [0.1, 0.15) is 42.9 Å². The molecule has 1 atom stereocenters. The molecule has 0 saturated carbocycles. The summed E-state index contributed by atoms with van der Waals surface area (Å²) in [6.07, 6.45) is 1.20. The molecule has 2 N–H and O–H groups in total. The first-order valence-electron chi connectivity index (χ1n) is 12.6. The van der Waals surface area contributed by atoms with Crippen LogP contribution in [0.25, 0.3) is 10.9 Å². The number of methoxy groups -OCH3 is 1. The van der Waals surface area contributed by atoms with Gasteiger partial charge in [-0.2, -0.15) is 0 Å². The Kier molecular flexibility index (Phi) is 8.91. The number of aliphatic hydroxyl groups is 1. The zero-order chi connectivity index (χ0) is 28.2. The van der Waals surface area contributed by atoms with E-state index in [0.29, 0.717) is 54.7 Å². The van der Waals surface area contributed by atoms with Crippen molar-refractivity contribution in [3.8, 4) is 11.5 Å². The number of aliphatic carboxylic acids is 1. The largest absolute Gasteiger partial charge is 0.497 e. The lowest BCUT2D eigenvalue weighted by molar-refractivity contribution is -0.153. The van der Waals surface area contributed by atoms with Gasteiger partial charge in [-0.15, -0.1) is 0 Å². The average Bonchev–Trinajstić information content (AvgIpc) is 2.94. The van der Waals surface area contributed by atoms with Crippen molar-refractivity contribution in [1.82, 2.24) is 9.88 Å². The molecule has 0 bridgehead atoms. The molecule has 0 radical (unpaired) electrons. The van der Waals surface area contributed by atoms with Crippen molar-refractivity contribution in [1.29, 1.82) is 0 Å². The second-order valence-corrected chi connectivity index (χ2v) is 9.74. The zero-order valence-electron chi connectivity index (χ0n) is 21.4. The van der Waals surface area contributed by atoms with E-state index in [1.54, 1.807) is 18.2 Å². The lowest BCUT2D eigenvalue weighted by Crippen LogP contribution is -2.45. The number of halogens is 4. The highest BCUT2D eigenvalue weighted by molar-refractivity contribution is 5.85. The molecule has 2 heterocycles. The molecule has 1 fully saturated rings. The van der Waals surface area contributed by atoms with Crippen molar-refractivity contribution in [2.24, 2.45) is 5.41 Å². The van der Waals surface area contributed by atoms with Gasteiger partial charge in [0, 0.05) is 35.8 Å². The first-order valence-corrected chi connectivity index (χ1v) is 12.6. The van der Waals surface area contributed by atoms with Gasteiger partial charge in [0.05, 0.1) is 24.1 Å². The molecule has 1 aliphatic rings. The van der Waals surface area contributed by atoms with Gasteiger partial charge in [0.25, 0.3) is 0 Å². The van der Waals surface area contributed by atoms with Crippen LogP contribution in [0, 0.1) is 22.9 Å². The number of aromatic nitrogens is 1. The van der Waals surface area contributed by atoms with Crippen molar-refractivity contribution in [3.05, 3.63) is 65.1 Å². The number of carboxylic acid groups (broad SMARTS) is 1. The maximum atomic E-state index is 13.8. The fourth-order valence-corrected chi connectivity index (χ4v) is 5.10. The van der Waals surface area contributed by atoms with E-state index in [4.69, 9.17) is 9.47 Å². The number of benzene rings is 2. The van der Waals surface area contributed by atoms with Gasteiger partial charge in [-0.25, -0.2) is 17.6 Å². The third kappa shape index (κ3) is 6.25. The van der Waals surface area contributed by atoms with E-state index < -0.39 is 41.6 Å². The smallest absolute Gasteiger partial charge is 0.309 e. The number of carbonyl (C=O) groups is 1. The highest BCUT2D eigenvalue weighted by atomic mass is 19.2. The van der Waals surface area contributed by atoms with Crippen LogP contribution in [0.15, 0.2) is 36.5 Å². The van der Waals surface area contributed by atoms with E-state index in [2.05, 4.69) is 4.98 Å². The van der Waals surface area contributed by atoms with Gasteiger partial charge in [-0.05, 0) is 62.5 Å². The second kappa shape index (κ2) is 12.2. The van der Waals surface area contributed by atoms with Crippen LogP contribution in [-0.2, 0) is 11.5 Å². The predicted octanol–water partition coefficient (Wildman–Crippen LogP) is 5.19. The summed E-state index contributed by atoms with van der Waals surface area (Å²) in [5.74, 6) is -4.81. The summed E-state index contributed by atoms with van der Waals surface area (Å²) in [6, 6.07) is 6.66. The number of alkyl halides is 1.